The maximum absolute atomic E-state index is 5.32. The Hall–Kier alpha value is -2.04. The van der Waals surface area contributed by atoms with Gasteiger partial charge in [-0.3, -0.25) is 0 Å². The Morgan fingerprint density at radius 2 is 2.36 bits per heavy atom. The third-order valence-electron chi connectivity index (χ3n) is 1.85. The fourth-order valence-corrected chi connectivity index (χ4v) is 1.25. The van der Waals surface area contributed by atoms with Crippen LogP contribution in [0.25, 0.3) is 5.76 Å². The average Bonchev–Trinajstić information content (AvgIpc) is 2.71. The fourth-order valence-electron chi connectivity index (χ4n) is 1.25. The highest BCUT2D eigenvalue weighted by Gasteiger charge is 2.07. The van der Waals surface area contributed by atoms with Crippen LogP contribution in [0.15, 0.2) is 40.8 Å². The van der Waals surface area contributed by atoms with E-state index in [1.165, 1.54) is 0 Å². The summed E-state index contributed by atoms with van der Waals surface area (Å²) in [5.41, 5.74) is 1.67. The Morgan fingerprint density at radius 3 is 3.07 bits per heavy atom. The van der Waals surface area contributed by atoms with Gasteiger partial charge in [-0.1, -0.05) is 17.4 Å². The van der Waals surface area contributed by atoms with Crippen molar-refractivity contribution in [2.75, 3.05) is 6.73 Å². The van der Waals surface area contributed by atoms with E-state index in [0.717, 1.165) is 11.3 Å². The number of rotatable bonds is 2. The predicted molar refractivity (Wildman–Crippen MR) is 52.2 cm³/mol. The second-order valence-electron chi connectivity index (χ2n) is 2.77. The molecule has 0 amide bonds. The largest absolute Gasteiger partial charge is 0.471 e. The molecule has 72 valence electrons. The quantitative estimate of drug-likeness (QED) is 0.422. The van der Waals surface area contributed by atoms with E-state index in [9.17, 15) is 0 Å². The van der Waals surface area contributed by atoms with Crippen molar-refractivity contribution in [1.29, 1.82) is 0 Å². The van der Waals surface area contributed by atoms with Crippen LogP contribution in [0.2, 0.25) is 0 Å². The molecule has 0 bridgehead atoms. The van der Waals surface area contributed by atoms with Crippen molar-refractivity contribution in [2.24, 2.45) is 16.2 Å². The van der Waals surface area contributed by atoms with Crippen LogP contribution in [0.5, 0.6) is 0 Å². The second kappa shape index (κ2) is 3.78. The van der Waals surface area contributed by atoms with Crippen LogP contribution >= 0.6 is 0 Å². The lowest BCUT2D eigenvalue weighted by Crippen LogP contribution is -1.98. The van der Waals surface area contributed by atoms with Gasteiger partial charge in [-0.05, 0) is 12.1 Å². The summed E-state index contributed by atoms with van der Waals surface area (Å²) in [6.07, 6.45) is 1.82. The first kappa shape index (κ1) is 8.55. The molecule has 1 aromatic carbocycles. The van der Waals surface area contributed by atoms with E-state index in [1.54, 1.807) is 0 Å². The SMILES string of the molecule is NN=Nc1cccc(C2=CNCO2)c1. The molecule has 0 atom stereocenters. The summed E-state index contributed by atoms with van der Waals surface area (Å²) >= 11 is 0. The van der Waals surface area contributed by atoms with Crippen LogP contribution in [-0.4, -0.2) is 6.73 Å². The molecule has 0 saturated carbocycles. The van der Waals surface area contributed by atoms with Gasteiger partial charge < -0.3 is 15.9 Å². The molecule has 1 aliphatic heterocycles. The molecule has 5 nitrogen and oxygen atoms in total. The zero-order valence-corrected chi connectivity index (χ0v) is 7.47. The molecule has 5 heteroatoms. The second-order valence-corrected chi connectivity index (χ2v) is 2.77. The van der Waals surface area contributed by atoms with E-state index in [0.29, 0.717) is 12.4 Å². The van der Waals surface area contributed by atoms with Gasteiger partial charge in [-0.15, -0.1) is 5.11 Å². The summed E-state index contributed by atoms with van der Waals surface area (Å²) in [6, 6.07) is 7.49. The maximum atomic E-state index is 5.32. The fraction of sp³-hybridized carbons (Fsp3) is 0.111. The highest BCUT2D eigenvalue weighted by molar-refractivity contribution is 5.63. The normalized spacial score (nSPS) is 15.0. The molecule has 0 unspecified atom stereocenters. The third-order valence-corrected chi connectivity index (χ3v) is 1.85. The first-order valence-corrected chi connectivity index (χ1v) is 4.18. The van der Waals surface area contributed by atoms with Crippen LogP contribution < -0.4 is 11.2 Å². The molecule has 0 spiro atoms. The molecule has 3 N–H and O–H groups in total. The predicted octanol–water partition coefficient (Wildman–Crippen LogP) is 1.52. The van der Waals surface area contributed by atoms with E-state index in [1.807, 2.05) is 30.5 Å². The summed E-state index contributed by atoms with van der Waals surface area (Å²) in [7, 11) is 0. The van der Waals surface area contributed by atoms with Gasteiger partial charge >= 0.3 is 0 Å². The summed E-state index contributed by atoms with van der Waals surface area (Å²) < 4.78 is 5.32. The van der Waals surface area contributed by atoms with Crippen molar-refractivity contribution in [3.63, 3.8) is 0 Å². The number of ether oxygens (including phenoxy) is 1. The van der Waals surface area contributed by atoms with Crippen LogP contribution in [0.1, 0.15) is 5.56 Å². The minimum atomic E-state index is 0.512. The first-order chi connectivity index (χ1) is 6.90. The minimum Gasteiger partial charge on any atom is -0.471 e. The average molecular weight is 190 g/mol. The van der Waals surface area contributed by atoms with Crippen LogP contribution in [0.3, 0.4) is 0 Å². The Balaban J connectivity index is 2.30. The lowest BCUT2D eigenvalue weighted by atomic mass is 10.2. The van der Waals surface area contributed by atoms with Gasteiger partial charge in [-0.2, -0.15) is 0 Å². The van der Waals surface area contributed by atoms with Crippen molar-refractivity contribution < 1.29 is 4.74 Å². The van der Waals surface area contributed by atoms with Gasteiger partial charge in [0.2, 0.25) is 0 Å². The Kier molecular flexibility index (Phi) is 2.31. The standard InChI is InChI=1S/C9H10N4O/c10-13-12-8-3-1-2-7(4-8)9-5-11-6-14-9/h1-5,11H,6H2,(H2,10,12). The van der Waals surface area contributed by atoms with Gasteiger partial charge in [0.15, 0.2) is 6.73 Å². The van der Waals surface area contributed by atoms with E-state index in [-0.39, 0.29) is 0 Å². The maximum Gasteiger partial charge on any atom is 0.158 e. The number of nitrogens with two attached hydrogens (primary N) is 1. The Bertz CT molecular complexity index is 386. The summed E-state index contributed by atoms with van der Waals surface area (Å²) in [5, 5.41) is 9.92. The zero-order chi connectivity index (χ0) is 9.80. The van der Waals surface area contributed by atoms with E-state index >= 15 is 0 Å². The topological polar surface area (TPSA) is 72.0 Å². The van der Waals surface area contributed by atoms with Crippen LogP contribution in [0.4, 0.5) is 5.69 Å². The molecule has 1 aromatic rings. The molecular formula is C9H10N4O. The zero-order valence-electron chi connectivity index (χ0n) is 7.47. The molecule has 1 heterocycles. The van der Waals surface area contributed by atoms with E-state index in [2.05, 4.69) is 15.7 Å². The lowest BCUT2D eigenvalue weighted by molar-refractivity contribution is 0.291. The van der Waals surface area contributed by atoms with Gasteiger partial charge in [0, 0.05) is 11.8 Å². The molecule has 14 heavy (non-hydrogen) atoms. The van der Waals surface area contributed by atoms with Crippen molar-refractivity contribution in [3.8, 4) is 0 Å². The summed E-state index contributed by atoms with van der Waals surface area (Å²) in [6.45, 7) is 0.512. The molecule has 0 saturated heterocycles. The number of nitrogens with zero attached hydrogens (tertiary/aromatic N) is 2. The van der Waals surface area contributed by atoms with E-state index in [4.69, 9.17) is 10.6 Å². The molecule has 0 fully saturated rings. The van der Waals surface area contributed by atoms with Crippen LogP contribution in [0, 0.1) is 0 Å². The summed E-state index contributed by atoms with van der Waals surface area (Å²) in [5.74, 6) is 5.77. The number of hydrogen-bond acceptors (Lipinski definition) is 4. The third kappa shape index (κ3) is 1.66. The molecule has 0 radical (unpaired) electrons. The highest BCUT2D eigenvalue weighted by Crippen LogP contribution is 2.22. The highest BCUT2D eigenvalue weighted by atomic mass is 16.5. The molecular weight excluding hydrogens is 180 g/mol. The summed E-state index contributed by atoms with van der Waals surface area (Å²) in [4.78, 5) is 0. The van der Waals surface area contributed by atoms with Gasteiger partial charge in [-0.25, -0.2) is 0 Å². The monoisotopic (exact) mass is 190 g/mol. The van der Waals surface area contributed by atoms with Gasteiger partial charge in [0.25, 0.3) is 0 Å². The first-order valence-electron chi connectivity index (χ1n) is 4.18. The van der Waals surface area contributed by atoms with Crippen molar-refractivity contribution in [3.05, 3.63) is 36.0 Å². The Labute approximate surface area is 81.3 Å². The van der Waals surface area contributed by atoms with Crippen LogP contribution in [-0.2, 0) is 4.74 Å². The van der Waals surface area contributed by atoms with Gasteiger partial charge in [0.1, 0.15) is 5.76 Å². The minimum absolute atomic E-state index is 0.512. The lowest BCUT2D eigenvalue weighted by Gasteiger charge is -2.02. The Morgan fingerprint density at radius 1 is 1.43 bits per heavy atom. The molecule has 0 aliphatic carbocycles. The van der Waals surface area contributed by atoms with Crippen molar-refractivity contribution >= 4 is 11.4 Å². The molecule has 2 rings (SSSR count). The smallest absolute Gasteiger partial charge is 0.158 e. The number of benzene rings is 1. The number of hydrogen-bond donors (Lipinski definition) is 2. The van der Waals surface area contributed by atoms with Gasteiger partial charge in [0.05, 0.1) is 5.69 Å². The van der Waals surface area contributed by atoms with Crippen molar-refractivity contribution in [2.45, 2.75) is 0 Å². The van der Waals surface area contributed by atoms with Crippen molar-refractivity contribution in [1.82, 2.24) is 5.32 Å². The van der Waals surface area contributed by atoms with E-state index < -0.39 is 0 Å². The number of nitrogens with one attached hydrogen (secondary N) is 1. The molecule has 1 aliphatic rings. The molecule has 0 aromatic heterocycles.